The molecule has 1 aromatic heterocycles. The zero-order valence-electron chi connectivity index (χ0n) is 12.8. The van der Waals surface area contributed by atoms with E-state index in [-0.39, 0.29) is 23.7 Å². The number of carbonyl (C=O) groups excluding carboxylic acids is 1. The van der Waals surface area contributed by atoms with Crippen molar-refractivity contribution < 1.29 is 19.1 Å². The van der Waals surface area contributed by atoms with E-state index in [1.54, 1.807) is 24.3 Å². The molecule has 2 rings (SSSR count). The van der Waals surface area contributed by atoms with Crippen LogP contribution in [-0.4, -0.2) is 17.7 Å². The van der Waals surface area contributed by atoms with Gasteiger partial charge in [-0.15, -0.1) is 0 Å². The van der Waals surface area contributed by atoms with Crippen LogP contribution in [0.5, 0.6) is 5.75 Å². The Bertz CT molecular complexity index is 717. The maximum absolute atomic E-state index is 12.1. The third kappa shape index (κ3) is 3.30. The summed E-state index contributed by atoms with van der Waals surface area (Å²) >= 11 is 0. The lowest BCUT2D eigenvalue weighted by Crippen LogP contribution is -2.22. The van der Waals surface area contributed by atoms with Gasteiger partial charge in [-0.3, -0.25) is 4.79 Å². The van der Waals surface area contributed by atoms with E-state index in [2.05, 4.69) is 0 Å². The molecule has 2 aromatic rings. The molecule has 1 heterocycles. The SMILES string of the molecule is CCCOC(=O)C(CC)Cc1c(O)c2ccccc2oc1=O. The van der Waals surface area contributed by atoms with E-state index in [1.165, 1.54) is 0 Å². The molecule has 0 radical (unpaired) electrons. The smallest absolute Gasteiger partial charge is 0.343 e. The molecule has 1 aromatic carbocycles. The molecule has 0 spiro atoms. The van der Waals surface area contributed by atoms with Gasteiger partial charge in [0.25, 0.3) is 0 Å². The Hall–Kier alpha value is -2.30. The Morgan fingerprint density at radius 3 is 2.73 bits per heavy atom. The van der Waals surface area contributed by atoms with Gasteiger partial charge in [-0.05, 0) is 31.4 Å². The Labute approximate surface area is 128 Å². The van der Waals surface area contributed by atoms with Crippen LogP contribution in [0.4, 0.5) is 0 Å². The highest BCUT2D eigenvalue weighted by molar-refractivity contribution is 5.84. The summed E-state index contributed by atoms with van der Waals surface area (Å²) < 4.78 is 10.3. The monoisotopic (exact) mass is 304 g/mol. The van der Waals surface area contributed by atoms with Crippen molar-refractivity contribution in [3.05, 3.63) is 40.2 Å². The largest absolute Gasteiger partial charge is 0.507 e. The fourth-order valence-electron chi connectivity index (χ4n) is 2.31. The van der Waals surface area contributed by atoms with Gasteiger partial charge in [0, 0.05) is 0 Å². The van der Waals surface area contributed by atoms with E-state index >= 15 is 0 Å². The van der Waals surface area contributed by atoms with Crippen LogP contribution in [0.2, 0.25) is 0 Å². The summed E-state index contributed by atoms with van der Waals surface area (Å²) in [4.78, 5) is 24.1. The van der Waals surface area contributed by atoms with Crippen molar-refractivity contribution in [1.29, 1.82) is 0 Å². The quantitative estimate of drug-likeness (QED) is 0.655. The lowest BCUT2D eigenvalue weighted by atomic mass is 9.96. The average Bonchev–Trinajstić information content (AvgIpc) is 2.52. The molecule has 5 nitrogen and oxygen atoms in total. The van der Waals surface area contributed by atoms with Crippen LogP contribution >= 0.6 is 0 Å². The first kappa shape index (κ1) is 16.1. The number of esters is 1. The topological polar surface area (TPSA) is 76.7 Å². The lowest BCUT2D eigenvalue weighted by molar-refractivity contribution is -0.148. The molecule has 5 heteroatoms. The second-order valence-corrected chi connectivity index (χ2v) is 5.19. The van der Waals surface area contributed by atoms with E-state index in [0.717, 1.165) is 6.42 Å². The molecule has 22 heavy (non-hydrogen) atoms. The summed E-state index contributed by atoms with van der Waals surface area (Å²) in [6, 6.07) is 6.76. The standard InChI is InChI=1S/C17H20O5/c1-3-9-21-16(19)11(4-2)10-13-15(18)12-7-5-6-8-14(12)22-17(13)20/h5-8,11,18H,3-4,9-10H2,1-2H3. The molecule has 0 saturated carbocycles. The molecule has 0 saturated heterocycles. The third-order valence-corrected chi connectivity index (χ3v) is 3.60. The van der Waals surface area contributed by atoms with Gasteiger partial charge in [0.1, 0.15) is 11.3 Å². The molecular weight excluding hydrogens is 284 g/mol. The zero-order valence-corrected chi connectivity index (χ0v) is 12.8. The first-order valence-corrected chi connectivity index (χ1v) is 7.48. The predicted molar refractivity (Wildman–Crippen MR) is 82.9 cm³/mol. The Balaban J connectivity index is 2.34. The molecule has 0 aliphatic rings. The Kier molecular flexibility index (Phi) is 5.20. The molecule has 0 bridgehead atoms. The highest BCUT2D eigenvalue weighted by Gasteiger charge is 2.23. The van der Waals surface area contributed by atoms with E-state index in [0.29, 0.717) is 24.0 Å². The fourth-order valence-corrected chi connectivity index (χ4v) is 2.31. The number of para-hydroxylation sites is 1. The van der Waals surface area contributed by atoms with Crippen molar-refractivity contribution >= 4 is 16.9 Å². The minimum absolute atomic E-state index is 0.109. The molecule has 0 amide bonds. The van der Waals surface area contributed by atoms with E-state index in [1.807, 2.05) is 13.8 Å². The summed E-state index contributed by atoms with van der Waals surface area (Å²) in [6.45, 7) is 4.11. The second-order valence-electron chi connectivity index (χ2n) is 5.19. The number of hydrogen-bond donors (Lipinski definition) is 1. The van der Waals surface area contributed by atoms with Crippen LogP contribution in [0.25, 0.3) is 11.0 Å². The number of carbonyl (C=O) groups is 1. The van der Waals surface area contributed by atoms with Crippen LogP contribution in [0.15, 0.2) is 33.5 Å². The Morgan fingerprint density at radius 2 is 2.05 bits per heavy atom. The summed E-state index contributed by atoms with van der Waals surface area (Å²) in [7, 11) is 0. The first-order valence-electron chi connectivity index (χ1n) is 7.48. The molecule has 0 aliphatic carbocycles. The molecule has 0 fully saturated rings. The molecule has 1 unspecified atom stereocenters. The normalized spacial score (nSPS) is 12.3. The van der Waals surface area contributed by atoms with E-state index in [9.17, 15) is 14.7 Å². The number of benzene rings is 1. The van der Waals surface area contributed by atoms with Crippen LogP contribution in [-0.2, 0) is 16.0 Å². The lowest BCUT2D eigenvalue weighted by Gasteiger charge is -2.14. The first-order chi connectivity index (χ1) is 10.6. The zero-order chi connectivity index (χ0) is 16.1. The van der Waals surface area contributed by atoms with Gasteiger partial charge in [-0.1, -0.05) is 26.0 Å². The van der Waals surface area contributed by atoms with Crippen molar-refractivity contribution in [3.8, 4) is 5.75 Å². The third-order valence-electron chi connectivity index (χ3n) is 3.60. The van der Waals surface area contributed by atoms with Gasteiger partial charge in [0.2, 0.25) is 0 Å². The highest BCUT2D eigenvalue weighted by atomic mass is 16.5. The van der Waals surface area contributed by atoms with Crippen LogP contribution < -0.4 is 5.63 Å². The molecule has 1 atom stereocenters. The number of hydrogen-bond acceptors (Lipinski definition) is 5. The summed E-state index contributed by atoms with van der Waals surface area (Å²) in [5.74, 6) is -0.939. The minimum Gasteiger partial charge on any atom is -0.507 e. The predicted octanol–water partition coefficient (Wildman–Crippen LogP) is 3.02. The van der Waals surface area contributed by atoms with E-state index in [4.69, 9.17) is 9.15 Å². The van der Waals surface area contributed by atoms with Gasteiger partial charge in [-0.2, -0.15) is 0 Å². The van der Waals surface area contributed by atoms with Gasteiger partial charge < -0.3 is 14.3 Å². The summed E-state index contributed by atoms with van der Waals surface area (Å²) in [6.07, 6.45) is 1.37. The summed E-state index contributed by atoms with van der Waals surface area (Å²) in [5.41, 5.74) is -0.160. The minimum atomic E-state index is -0.613. The van der Waals surface area contributed by atoms with Crippen LogP contribution in [0.1, 0.15) is 32.3 Å². The van der Waals surface area contributed by atoms with Gasteiger partial charge in [-0.25, -0.2) is 4.79 Å². The van der Waals surface area contributed by atoms with E-state index < -0.39 is 11.5 Å². The highest BCUT2D eigenvalue weighted by Crippen LogP contribution is 2.28. The Morgan fingerprint density at radius 1 is 1.32 bits per heavy atom. The number of fused-ring (bicyclic) bond motifs is 1. The van der Waals surface area contributed by atoms with Crippen LogP contribution in [0.3, 0.4) is 0 Å². The van der Waals surface area contributed by atoms with Crippen molar-refractivity contribution in [3.63, 3.8) is 0 Å². The number of ether oxygens (including phenoxy) is 1. The average molecular weight is 304 g/mol. The number of aromatic hydroxyl groups is 1. The van der Waals surface area contributed by atoms with Crippen molar-refractivity contribution in [2.45, 2.75) is 33.1 Å². The van der Waals surface area contributed by atoms with Gasteiger partial charge in [0.15, 0.2) is 0 Å². The summed E-state index contributed by atoms with van der Waals surface area (Å²) in [5, 5.41) is 10.8. The van der Waals surface area contributed by atoms with Crippen LogP contribution in [0, 0.1) is 5.92 Å². The maximum Gasteiger partial charge on any atom is 0.343 e. The fraction of sp³-hybridized carbons (Fsp3) is 0.412. The van der Waals surface area contributed by atoms with Gasteiger partial charge in [0.05, 0.1) is 23.5 Å². The van der Waals surface area contributed by atoms with Gasteiger partial charge >= 0.3 is 11.6 Å². The van der Waals surface area contributed by atoms with Crippen molar-refractivity contribution in [1.82, 2.24) is 0 Å². The second kappa shape index (κ2) is 7.11. The van der Waals surface area contributed by atoms with Crippen molar-refractivity contribution in [2.75, 3.05) is 6.61 Å². The molecule has 1 N–H and O–H groups in total. The molecular formula is C17H20O5. The molecule has 0 aliphatic heterocycles. The van der Waals surface area contributed by atoms with Crippen molar-refractivity contribution in [2.24, 2.45) is 5.92 Å². The maximum atomic E-state index is 12.1. The molecule has 118 valence electrons. The number of rotatable bonds is 6.